The van der Waals surface area contributed by atoms with Crippen LogP contribution in [0.5, 0.6) is 11.5 Å². The molecule has 0 saturated carbocycles. The lowest BCUT2D eigenvalue weighted by molar-refractivity contribution is -0.128. The van der Waals surface area contributed by atoms with Gasteiger partial charge in [-0.1, -0.05) is 18.2 Å². The molecule has 5 nitrogen and oxygen atoms in total. The van der Waals surface area contributed by atoms with Gasteiger partial charge < -0.3 is 14.2 Å². The minimum absolute atomic E-state index is 0.111. The number of hydrogen-bond donors (Lipinski definition) is 0. The zero-order valence-electron chi connectivity index (χ0n) is 14.5. The van der Waals surface area contributed by atoms with E-state index in [-0.39, 0.29) is 12.4 Å². The fourth-order valence-electron chi connectivity index (χ4n) is 2.92. The Labute approximate surface area is 150 Å². The van der Waals surface area contributed by atoms with Crippen molar-refractivity contribution in [3.8, 4) is 22.6 Å². The number of benzene rings is 2. The van der Waals surface area contributed by atoms with Gasteiger partial charge in [-0.15, -0.1) is 0 Å². The van der Waals surface area contributed by atoms with E-state index in [0.717, 1.165) is 16.5 Å². The molecule has 6 heteroatoms. The number of aromatic nitrogens is 1. The maximum atomic E-state index is 14.9. The lowest BCUT2D eigenvalue weighted by atomic mass is 9.96. The van der Waals surface area contributed by atoms with Crippen LogP contribution in [-0.2, 0) is 16.0 Å². The van der Waals surface area contributed by atoms with Gasteiger partial charge in [0.1, 0.15) is 5.75 Å². The van der Waals surface area contributed by atoms with Crippen molar-refractivity contribution < 1.29 is 23.4 Å². The Kier molecular flexibility index (Phi) is 5.31. The maximum absolute atomic E-state index is 14.9. The summed E-state index contributed by atoms with van der Waals surface area (Å²) in [4.78, 5) is 14.8. The van der Waals surface area contributed by atoms with Crippen LogP contribution in [0.15, 0.2) is 42.6 Å². The summed E-state index contributed by atoms with van der Waals surface area (Å²) in [5.74, 6) is 0.147. The number of ether oxygens (including phenoxy) is 3. The summed E-state index contributed by atoms with van der Waals surface area (Å²) in [6.07, 6.45) is 2.20. The fraction of sp³-hybridized carbons (Fsp3) is 0.200. The number of rotatable bonds is 7. The molecule has 0 unspecified atom stereocenters. The summed E-state index contributed by atoms with van der Waals surface area (Å²) in [6.45, 7) is 0.678. The van der Waals surface area contributed by atoms with E-state index in [9.17, 15) is 9.18 Å². The average Bonchev–Trinajstić information content (AvgIpc) is 2.68. The first-order valence-electron chi connectivity index (χ1n) is 8.03. The first kappa shape index (κ1) is 17.7. The predicted molar refractivity (Wildman–Crippen MR) is 96.0 cm³/mol. The second-order valence-electron chi connectivity index (χ2n) is 5.58. The highest BCUT2D eigenvalue weighted by atomic mass is 19.1. The molecular formula is C20H18FNO4. The van der Waals surface area contributed by atoms with Crippen molar-refractivity contribution in [3.05, 3.63) is 54.0 Å². The normalized spacial score (nSPS) is 10.6. The summed E-state index contributed by atoms with van der Waals surface area (Å²) in [5, 5.41) is 0.797. The first-order valence-corrected chi connectivity index (χ1v) is 8.03. The monoisotopic (exact) mass is 355 g/mol. The Morgan fingerprint density at radius 3 is 2.69 bits per heavy atom. The predicted octanol–water partition coefficient (Wildman–Crippen LogP) is 3.77. The SMILES string of the molecule is COc1cc(OC)c(F)c(-c2ccc(CCOC=O)c3ncccc23)c1. The van der Waals surface area contributed by atoms with E-state index < -0.39 is 5.82 Å². The van der Waals surface area contributed by atoms with Crippen molar-refractivity contribution in [2.75, 3.05) is 20.8 Å². The number of pyridine rings is 1. The summed E-state index contributed by atoms with van der Waals surface area (Å²) in [6, 6.07) is 10.5. The lowest BCUT2D eigenvalue weighted by Crippen LogP contribution is -2.00. The second-order valence-corrected chi connectivity index (χ2v) is 5.58. The van der Waals surface area contributed by atoms with Crippen LogP contribution in [0.3, 0.4) is 0 Å². The molecule has 1 aromatic heterocycles. The zero-order valence-corrected chi connectivity index (χ0v) is 14.5. The molecule has 0 amide bonds. The molecule has 0 aliphatic rings. The number of methoxy groups -OCH3 is 2. The first-order chi connectivity index (χ1) is 12.7. The lowest BCUT2D eigenvalue weighted by Gasteiger charge is -2.14. The van der Waals surface area contributed by atoms with E-state index in [1.165, 1.54) is 20.3 Å². The standard InChI is InChI=1S/C20H18FNO4/c1-24-14-10-17(19(21)18(11-14)25-2)15-6-5-13(7-9-26-12-23)20-16(15)4-3-8-22-20/h3-6,8,10-12H,7,9H2,1-2H3. The summed E-state index contributed by atoms with van der Waals surface area (Å²) >= 11 is 0. The number of fused-ring (bicyclic) bond motifs is 1. The van der Waals surface area contributed by atoms with Crippen molar-refractivity contribution in [3.63, 3.8) is 0 Å². The van der Waals surface area contributed by atoms with E-state index >= 15 is 0 Å². The Morgan fingerprint density at radius 1 is 1.12 bits per heavy atom. The van der Waals surface area contributed by atoms with Gasteiger partial charge in [-0.05, 0) is 23.3 Å². The Hall–Kier alpha value is -3.15. The molecule has 0 fully saturated rings. The highest BCUT2D eigenvalue weighted by molar-refractivity contribution is 5.96. The third kappa shape index (κ3) is 3.31. The van der Waals surface area contributed by atoms with Crippen LogP contribution >= 0.6 is 0 Å². The summed E-state index contributed by atoms with van der Waals surface area (Å²) in [7, 11) is 2.93. The van der Waals surface area contributed by atoms with Gasteiger partial charge in [0.25, 0.3) is 6.47 Å². The quantitative estimate of drug-likeness (QED) is 0.477. The van der Waals surface area contributed by atoms with Crippen molar-refractivity contribution in [1.29, 1.82) is 0 Å². The van der Waals surface area contributed by atoms with Crippen LogP contribution in [0.2, 0.25) is 0 Å². The van der Waals surface area contributed by atoms with Gasteiger partial charge in [0.15, 0.2) is 11.6 Å². The van der Waals surface area contributed by atoms with E-state index in [1.54, 1.807) is 18.3 Å². The van der Waals surface area contributed by atoms with Crippen LogP contribution in [0, 0.1) is 5.82 Å². The van der Waals surface area contributed by atoms with E-state index in [2.05, 4.69) is 4.98 Å². The molecule has 0 aliphatic carbocycles. The zero-order chi connectivity index (χ0) is 18.5. The molecule has 0 aliphatic heterocycles. The van der Waals surface area contributed by atoms with E-state index in [1.807, 2.05) is 18.2 Å². The maximum Gasteiger partial charge on any atom is 0.293 e. The van der Waals surface area contributed by atoms with Crippen LogP contribution in [0.1, 0.15) is 5.56 Å². The van der Waals surface area contributed by atoms with E-state index in [4.69, 9.17) is 14.2 Å². The third-order valence-electron chi connectivity index (χ3n) is 4.17. The van der Waals surface area contributed by atoms with Gasteiger partial charge in [0, 0.05) is 29.6 Å². The van der Waals surface area contributed by atoms with Gasteiger partial charge in [-0.3, -0.25) is 9.78 Å². The average molecular weight is 355 g/mol. The topological polar surface area (TPSA) is 57.7 Å². The largest absolute Gasteiger partial charge is 0.497 e. The van der Waals surface area contributed by atoms with Crippen LogP contribution < -0.4 is 9.47 Å². The molecule has 0 atom stereocenters. The van der Waals surface area contributed by atoms with Crippen molar-refractivity contribution in [2.24, 2.45) is 0 Å². The molecule has 134 valence electrons. The number of halogens is 1. The molecule has 3 rings (SSSR count). The smallest absolute Gasteiger partial charge is 0.293 e. The number of carbonyl (C=O) groups is 1. The van der Waals surface area contributed by atoms with Crippen molar-refractivity contribution in [2.45, 2.75) is 6.42 Å². The van der Waals surface area contributed by atoms with Crippen molar-refractivity contribution >= 4 is 17.4 Å². The number of nitrogens with zero attached hydrogens (tertiary/aromatic N) is 1. The van der Waals surface area contributed by atoms with Crippen LogP contribution in [0.25, 0.3) is 22.0 Å². The van der Waals surface area contributed by atoms with Gasteiger partial charge in [-0.2, -0.15) is 0 Å². The van der Waals surface area contributed by atoms with Crippen LogP contribution in [-0.4, -0.2) is 32.3 Å². The molecule has 0 bridgehead atoms. The number of carbonyl (C=O) groups excluding carboxylic acids is 1. The van der Waals surface area contributed by atoms with Gasteiger partial charge in [-0.25, -0.2) is 4.39 Å². The fourth-order valence-corrected chi connectivity index (χ4v) is 2.92. The second kappa shape index (κ2) is 7.82. The van der Waals surface area contributed by atoms with Crippen molar-refractivity contribution in [1.82, 2.24) is 4.98 Å². The minimum atomic E-state index is -0.463. The molecule has 2 aromatic carbocycles. The molecule has 1 heterocycles. The Bertz CT molecular complexity index is 942. The summed E-state index contributed by atoms with van der Waals surface area (Å²) < 4.78 is 30.1. The molecule has 3 aromatic rings. The van der Waals surface area contributed by atoms with Crippen LogP contribution in [0.4, 0.5) is 4.39 Å². The highest BCUT2D eigenvalue weighted by Gasteiger charge is 2.17. The third-order valence-corrected chi connectivity index (χ3v) is 4.17. The molecule has 26 heavy (non-hydrogen) atoms. The molecule has 0 saturated heterocycles. The molecule has 0 spiro atoms. The summed E-state index contributed by atoms with van der Waals surface area (Å²) in [5.41, 5.74) is 2.71. The van der Waals surface area contributed by atoms with Gasteiger partial charge in [0.2, 0.25) is 0 Å². The van der Waals surface area contributed by atoms with Gasteiger partial charge in [0.05, 0.1) is 26.3 Å². The van der Waals surface area contributed by atoms with Gasteiger partial charge >= 0.3 is 0 Å². The van der Waals surface area contributed by atoms with E-state index in [0.29, 0.717) is 29.8 Å². The Morgan fingerprint density at radius 2 is 1.96 bits per heavy atom. The number of hydrogen-bond acceptors (Lipinski definition) is 5. The highest BCUT2D eigenvalue weighted by Crippen LogP contribution is 2.37. The molecular weight excluding hydrogens is 337 g/mol. The minimum Gasteiger partial charge on any atom is -0.497 e. The molecule has 0 N–H and O–H groups in total. The molecule has 0 radical (unpaired) electrons. The Balaban J connectivity index is 2.18.